The van der Waals surface area contributed by atoms with Gasteiger partial charge in [0.1, 0.15) is 0 Å². The van der Waals surface area contributed by atoms with Gasteiger partial charge in [-0.15, -0.1) is 0 Å². The molecular weight excluding hydrogens is 476 g/mol. The zero-order valence-corrected chi connectivity index (χ0v) is 21.4. The van der Waals surface area contributed by atoms with E-state index >= 15 is 0 Å². The molecule has 190 valence electrons. The molecule has 0 aliphatic carbocycles. The van der Waals surface area contributed by atoms with Crippen LogP contribution >= 0.6 is 0 Å². The van der Waals surface area contributed by atoms with Gasteiger partial charge in [-0.05, 0) is 54.0 Å². The molecule has 0 saturated carbocycles. The Hall–Kier alpha value is -3.27. The number of oxime groups is 1. The molecule has 0 amide bonds. The van der Waals surface area contributed by atoms with E-state index in [-0.39, 0.29) is 17.4 Å². The summed E-state index contributed by atoms with van der Waals surface area (Å²) in [5, 5.41) is 18.8. The summed E-state index contributed by atoms with van der Waals surface area (Å²) in [6.07, 6.45) is 3.59. The number of aryl methyl sites for hydroxylation is 2. The lowest BCUT2D eigenvalue weighted by atomic mass is 9.82. The highest BCUT2D eigenvalue weighted by atomic mass is 32.2. The quantitative estimate of drug-likeness (QED) is 0.289. The Bertz CT molecular complexity index is 1410. The van der Waals surface area contributed by atoms with Crippen LogP contribution in [-0.4, -0.2) is 41.3 Å². The van der Waals surface area contributed by atoms with Crippen molar-refractivity contribution in [2.75, 3.05) is 13.1 Å². The van der Waals surface area contributed by atoms with Crippen LogP contribution in [0.25, 0.3) is 0 Å². The fourth-order valence-corrected chi connectivity index (χ4v) is 5.72. The van der Waals surface area contributed by atoms with Gasteiger partial charge in [-0.2, -0.15) is 12.7 Å². The van der Waals surface area contributed by atoms with Crippen LogP contribution in [0.5, 0.6) is 0 Å². The van der Waals surface area contributed by atoms with E-state index in [4.69, 9.17) is 5.14 Å². The van der Waals surface area contributed by atoms with Crippen LogP contribution < -0.4 is 10.7 Å². The lowest BCUT2D eigenvalue weighted by Gasteiger charge is -2.30. The lowest BCUT2D eigenvalue weighted by molar-refractivity contribution is 0.317. The average molecular weight is 509 g/mol. The van der Waals surface area contributed by atoms with Gasteiger partial charge in [0.15, 0.2) is 0 Å². The Morgan fingerprint density at radius 3 is 2.33 bits per heavy atom. The molecule has 3 N–H and O–H groups in total. The predicted octanol–water partition coefficient (Wildman–Crippen LogP) is 3.48. The minimum atomic E-state index is -3.64. The topological polar surface area (TPSA) is 118 Å². The normalized spacial score (nSPS) is 16.7. The van der Waals surface area contributed by atoms with E-state index in [9.17, 15) is 18.4 Å². The molecule has 1 fully saturated rings. The average Bonchev–Trinajstić information content (AvgIpc) is 2.87. The first kappa shape index (κ1) is 25.8. The number of nitrogens with zero attached hydrogens (tertiary/aromatic N) is 3. The second-order valence-electron chi connectivity index (χ2n) is 9.41. The SMILES string of the molecule is Cc1ccccc1C(CC(=NO)c1ccc(=O)n(C)c1)c1ccc(C2CCN(S(N)(=O)=O)CC2)cc1. The number of piperidine rings is 1. The Balaban J connectivity index is 1.62. The number of rotatable bonds is 7. The van der Waals surface area contributed by atoms with Gasteiger partial charge in [-0.3, -0.25) is 4.79 Å². The Morgan fingerprint density at radius 2 is 1.75 bits per heavy atom. The van der Waals surface area contributed by atoms with Crippen LogP contribution in [0.3, 0.4) is 0 Å². The van der Waals surface area contributed by atoms with Crippen molar-refractivity contribution in [2.45, 2.75) is 38.0 Å². The monoisotopic (exact) mass is 508 g/mol. The van der Waals surface area contributed by atoms with E-state index in [0.29, 0.717) is 30.8 Å². The molecule has 9 heteroatoms. The second kappa shape index (κ2) is 10.8. The summed E-state index contributed by atoms with van der Waals surface area (Å²) in [5.41, 5.74) is 5.59. The lowest BCUT2D eigenvalue weighted by Crippen LogP contribution is -2.41. The van der Waals surface area contributed by atoms with Gasteiger partial charge in [0, 0.05) is 50.3 Å². The molecule has 1 atom stereocenters. The Labute approximate surface area is 211 Å². The minimum Gasteiger partial charge on any atom is -0.411 e. The van der Waals surface area contributed by atoms with Gasteiger partial charge in [0.05, 0.1) is 5.71 Å². The fraction of sp³-hybridized carbons (Fsp3) is 0.333. The zero-order chi connectivity index (χ0) is 25.9. The predicted molar refractivity (Wildman–Crippen MR) is 141 cm³/mol. The molecule has 1 aliphatic rings. The van der Waals surface area contributed by atoms with Crippen molar-refractivity contribution in [2.24, 2.45) is 17.3 Å². The first-order valence-corrected chi connectivity index (χ1v) is 13.5. The number of benzene rings is 2. The zero-order valence-electron chi connectivity index (χ0n) is 20.5. The van der Waals surface area contributed by atoms with E-state index in [1.165, 1.54) is 20.5 Å². The standard InChI is InChI=1S/C27H32N4O4S/c1-19-5-3-4-6-24(19)25(17-26(29-33)23-11-12-27(32)30(2)18-23)22-9-7-20(8-10-22)21-13-15-31(16-14-21)36(28,34)35/h3-12,18,21,25,33H,13-17H2,1-2H3,(H2,28,34,35). The van der Waals surface area contributed by atoms with E-state index < -0.39 is 10.2 Å². The van der Waals surface area contributed by atoms with Gasteiger partial charge in [-0.25, -0.2) is 5.14 Å². The van der Waals surface area contributed by atoms with E-state index in [1.54, 1.807) is 19.3 Å². The van der Waals surface area contributed by atoms with Crippen molar-refractivity contribution in [3.05, 3.63) is 105 Å². The highest BCUT2D eigenvalue weighted by Crippen LogP contribution is 2.34. The van der Waals surface area contributed by atoms with Crippen LogP contribution in [0, 0.1) is 6.92 Å². The highest BCUT2D eigenvalue weighted by molar-refractivity contribution is 7.86. The van der Waals surface area contributed by atoms with Crippen molar-refractivity contribution < 1.29 is 13.6 Å². The molecule has 0 spiro atoms. The summed E-state index contributed by atoms with van der Waals surface area (Å²) in [6.45, 7) is 2.91. The van der Waals surface area contributed by atoms with E-state index in [0.717, 1.165) is 29.5 Å². The summed E-state index contributed by atoms with van der Waals surface area (Å²) in [7, 11) is -1.97. The third kappa shape index (κ3) is 5.75. The smallest absolute Gasteiger partial charge is 0.276 e. The maximum Gasteiger partial charge on any atom is 0.276 e. The number of hydrogen-bond donors (Lipinski definition) is 2. The largest absolute Gasteiger partial charge is 0.411 e. The van der Waals surface area contributed by atoms with Crippen molar-refractivity contribution in [1.82, 2.24) is 8.87 Å². The molecule has 3 aromatic rings. The van der Waals surface area contributed by atoms with Crippen molar-refractivity contribution in [1.29, 1.82) is 0 Å². The summed E-state index contributed by atoms with van der Waals surface area (Å²) in [4.78, 5) is 11.8. The third-order valence-electron chi connectivity index (χ3n) is 7.13. The summed E-state index contributed by atoms with van der Waals surface area (Å²) < 4.78 is 26.0. The second-order valence-corrected chi connectivity index (χ2v) is 11.0. The van der Waals surface area contributed by atoms with Crippen molar-refractivity contribution >= 4 is 15.9 Å². The van der Waals surface area contributed by atoms with Crippen molar-refractivity contribution in [3.63, 3.8) is 0 Å². The fourth-order valence-electron chi connectivity index (χ4n) is 5.00. The first-order chi connectivity index (χ1) is 17.2. The van der Waals surface area contributed by atoms with Crippen LogP contribution in [-0.2, 0) is 17.3 Å². The molecule has 2 aromatic carbocycles. The van der Waals surface area contributed by atoms with Gasteiger partial charge in [0.25, 0.3) is 10.2 Å². The highest BCUT2D eigenvalue weighted by Gasteiger charge is 2.27. The molecule has 1 saturated heterocycles. The van der Waals surface area contributed by atoms with Gasteiger partial charge < -0.3 is 9.77 Å². The van der Waals surface area contributed by atoms with Crippen LogP contribution in [0.4, 0.5) is 0 Å². The molecule has 1 aliphatic heterocycles. The van der Waals surface area contributed by atoms with Gasteiger partial charge >= 0.3 is 0 Å². The third-order valence-corrected chi connectivity index (χ3v) is 8.21. The van der Waals surface area contributed by atoms with Gasteiger partial charge in [-0.1, -0.05) is 53.7 Å². The molecule has 1 aromatic heterocycles. The van der Waals surface area contributed by atoms with E-state index in [1.807, 2.05) is 12.1 Å². The molecule has 8 nitrogen and oxygen atoms in total. The molecule has 0 bridgehead atoms. The van der Waals surface area contributed by atoms with Crippen LogP contribution in [0.1, 0.15) is 58.9 Å². The van der Waals surface area contributed by atoms with E-state index in [2.05, 4.69) is 48.5 Å². The molecule has 36 heavy (non-hydrogen) atoms. The Morgan fingerprint density at radius 1 is 1.08 bits per heavy atom. The number of aromatic nitrogens is 1. The van der Waals surface area contributed by atoms with Crippen LogP contribution in [0.15, 0.2) is 76.8 Å². The Kier molecular flexibility index (Phi) is 7.73. The van der Waals surface area contributed by atoms with Crippen LogP contribution in [0.2, 0.25) is 0 Å². The number of hydrogen-bond acceptors (Lipinski definition) is 5. The molecule has 4 rings (SSSR count). The summed E-state index contributed by atoms with van der Waals surface area (Å²) in [6, 6.07) is 19.8. The maximum atomic E-state index is 11.8. The minimum absolute atomic E-state index is 0.0624. The molecule has 1 unspecified atom stereocenters. The summed E-state index contributed by atoms with van der Waals surface area (Å²) in [5.74, 6) is 0.210. The number of pyridine rings is 1. The van der Waals surface area contributed by atoms with Crippen molar-refractivity contribution in [3.8, 4) is 0 Å². The first-order valence-electron chi connectivity index (χ1n) is 12.0. The molecular formula is C27H32N4O4S. The molecule has 0 radical (unpaired) electrons. The molecule has 2 heterocycles. The maximum absolute atomic E-state index is 11.8. The summed E-state index contributed by atoms with van der Waals surface area (Å²) >= 11 is 0. The van der Waals surface area contributed by atoms with Gasteiger partial charge in [0.2, 0.25) is 5.56 Å². The number of nitrogens with two attached hydrogens (primary N) is 1.